The van der Waals surface area contributed by atoms with Crippen LogP contribution in [0, 0.1) is 0 Å². The summed E-state index contributed by atoms with van der Waals surface area (Å²) in [6.07, 6.45) is 3.71. The molecule has 3 nitrogen and oxygen atoms in total. The van der Waals surface area contributed by atoms with Crippen molar-refractivity contribution in [1.82, 2.24) is 9.78 Å². The van der Waals surface area contributed by atoms with Gasteiger partial charge in [0.1, 0.15) is 0 Å². The first-order chi connectivity index (χ1) is 6.81. The van der Waals surface area contributed by atoms with Gasteiger partial charge in [0.25, 0.3) is 0 Å². The first-order valence-corrected chi connectivity index (χ1v) is 5.96. The molecule has 2 rings (SSSR count). The summed E-state index contributed by atoms with van der Waals surface area (Å²) >= 11 is 5.05. The van der Waals surface area contributed by atoms with Crippen LogP contribution in [0.1, 0.15) is 11.6 Å². The third-order valence-corrected chi connectivity index (χ3v) is 3.15. The van der Waals surface area contributed by atoms with Crippen molar-refractivity contribution in [2.24, 2.45) is 5.73 Å². The van der Waals surface area contributed by atoms with E-state index < -0.39 is 0 Å². The molecule has 0 spiro atoms. The van der Waals surface area contributed by atoms with Crippen LogP contribution in [0.4, 0.5) is 0 Å². The zero-order valence-electron chi connectivity index (χ0n) is 7.43. The number of hydrogen-bond acceptors (Lipinski definition) is 3. The third kappa shape index (κ3) is 1.89. The average molecular weight is 272 g/mol. The molecule has 0 fully saturated rings. The third-order valence-electron chi connectivity index (χ3n) is 2.04. The van der Waals surface area contributed by atoms with E-state index in [9.17, 15) is 0 Å². The average Bonchev–Trinajstić information content (AvgIpc) is 2.79. The molecule has 2 N–H and O–H groups in total. The van der Waals surface area contributed by atoms with Crippen molar-refractivity contribution in [3.8, 4) is 0 Å². The molecular weight excluding hydrogens is 262 g/mol. The maximum absolute atomic E-state index is 5.73. The van der Waals surface area contributed by atoms with Gasteiger partial charge in [0, 0.05) is 12.7 Å². The minimum absolute atomic E-state index is 0.146. The Kier molecular flexibility index (Phi) is 3.00. The quantitative estimate of drug-likeness (QED) is 0.931. The summed E-state index contributed by atoms with van der Waals surface area (Å²) < 4.78 is 2.86. The highest BCUT2D eigenvalue weighted by Gasteiger charge is 2.12. The van der Waals surface area contributed by atoms with E-state index in [0.717, 1.165) is 4.47 Å². The zero-order valence-corrected chi connectivity index (χ0v) is 9.83. The smallest absolute Gasteiger partial charge is 0.0899 e. The van der Waals surface area contributed by atoms with Gasteiger partial charge in [-0.25, -0.2) is 0 Å². The van der Waals surface area contributed by atoms with Crippen molar-refractivity contribution in [3.63, 3.8) is 0 Å². The van der Waals surface area contributed by atoms with E-state index >= 15 is 0 Å². The van der Waals surface area contributed by atoms with Gasteiger partial charge in [0.15, 0.2) is 0 Å². The fraction of sp³-hybridized carbons (Fsp3) is 0.222. The fourth-order valence-corrected chi connectivity index (χ4v) is 2.36. The van der Waals surface area contributed by atoms with Crippen molar-refractivity contribution in [1.29, 1.82) is 0 Å². The summed E-state index contributed by atoms with van der Waals surface area (Å²) in [6.45, 7) is 0.560. The predicted octanol–water partition coefficient (Wildman–Crippen LogP) is 2.26. The molecule has 2 heterocycles. The van der Waals surface area contributed by atoms with Crippen LogP contribution in [0.2, 0.25) is 0 Å². The highest BCUT2D eigenvalue weighted by atomic mass is 79.9. The summed E-state index contributed by atoms with van der Waals surface area (Å²) in [4.78, 5) is 0. The van der Waals surface area contributed by atoms with Crippen LogP contribution in [-0.4, -0.2) is 16.3 Å². The second-order valence-electron chi connectivity index (χ2n) is 2.95. The van der Waals surface area contributed by atoms with E-state index in [4.69, 9.17) is 5.73 Å². The van der Waals surface area contributed by atoms with E-state index in [0.29, 0.717) is 6.54 Å². The zero-order chi connectivity index (χ0) is 9.97. The summed E-state index contributed by atoms with van der Waals surface area (Å²) in [6, 6.07) is 2.23. The van der Waals surface area contributed by atoms with Gasteiger partial charge in [-0.1, -0.05) is 0 Å². The van der Waals surface area contributed by atoms with Crippen LogP contribution in [0.3, 0.4) is 0 Å². The first kappa shape index (κ1) is 9.89. The molecule has 2 aromatic rings. The number of nitrogens with zero attached hydrogens (tertiary/aromatic N) is 2. The molecule has 1 atom stereocenters. The lowest BCUT2D eigenvalue weighted by molar-refractivity contribution is 0.533. The number of halogens is 1. The van der Waals surface area contributed by atoms with Gasteiger partial charge in [-0.15, -0.1) is 0 Å². The summed E-state index contributed by atoms with van der Waals surface area (Å²) in [7, 11) is 0. The SMILES string of the molecule is NCC(c1ccsc1)n1cc(Br)cn1. The van der Waals surface area contributed by atoms with Crippen LogP contribution in [-0.2, 0) is 0 Å². The number of nitrogens with two attached hydrogens (primary N) is 1. The summed E-state index contributed by atoms with van der Waals surface area (Å²) in [5, 5.41) is 8.39. The largest absolute Gasteiger partial charge is 0.328 e. The number of aromatic nitrogens is 2. The Labute approximate surface area is 94.7 Å². The molecule has 0 bridgehead atoms. The van der Waals surface area contributed by atoms with Crippen molar-refractivity contribution in [3.05, 3.63) is 39.3 Å². The first-order valence-electron chi connectivity index (χ1n) is 4.23. The number of rotatable bonds is 3. The topological polar surface area (TPSA) is 43.8 Å². The van der Waals surface area contributed by atoms with E-state index in [1.165, 1.54) is 5.56 Å². The van der Waals surface area contributed by atoms with E-state index in [2.05, 4.69) is 37.9 Å². The molecule has 0 saturated carbocycles. The number of hydrogen-bond donors (Lipinski definition) is 1. The monoisotopic (exact) mass is 271 g/mol. The highest BCUT2D eigenvalue weighted by Crippen LogP contribution is 2.20. The van der Waals surface area contributed by atoms with Crippen LogP contribution in [0.5, 0.6) is 0 Å². The van der Waals surface area contributed by atoms with Crippen molar-refractivity contribution >= 4 is 27.3 Å². The normalized spacial score (nSPS) is 13.0. The molecule has 0 amide bonds. The number of thiophene rings is 1. The Morgan fingerprint density at radius 2 is 2.50 bits per heavy atom. The maximum Gasteiger partial charge on any atom is 0.0899 e. The van der Waals surface area contributed by atoms with Gasteiger partial charge in [-0.05, 0) is 38.3 Å². The molecule has 0 aromatic carbocycles. The van der Waals surface area contributed by atoms with Gasteiger partial charge in [0.2, 0.25) is 0 Å². The van der Waals surface area contributed by atoms with E-state index in [1.54, 1.807) is 17.5 Å². The molecule has 1 unspecified atom stereocenters. The van der Waals surface area contributed by atoms with Crippen LogP contribution in [0.25, 0.3) is 0 Å². The van der Waals surface area contributed by atoms with Crippen LogP contribution in [0.15, 0.2) is 33.7 Å². The van der Waals surface area contributed by atoms with Gasteiger partial charge in [0.05, 0.1) is 16.7 Å². The summed E-state index contributed by atoms with van der Waals surface area (Å²) in [5.41, 5.74) is 6.95. The highest BCUT2D eigenvalue weighted by molar-refractivity contribution is 9.10. The molecule has 5 heteroatoms. The summed E-state index contributed by atoms with van der Waals surface area (Å²) in [5.74, 6) is 0. The van der Waals surface area contributed by atoms with Crippen molar-refractivity contribution < 1.29 is 0 Å². The van der Waals surface area contributed by atoms with E-state index in [-0.39, 0.29) is 6.04 Å². The molecule has 0 saturated heterocycles. The molecule has 0 aliphatic heterocycles. The van der Waals surface area contributed by atoms with Gasteiger partial charge >= 0.3 is 0 Å². The van der Waals surface area contributed by atoms with Gasteiger partial charge in [-0.2, -0.15) is 16.4 Å². The standard InChI is InChI=1S/C9H10BrN3S/c10-8-4-12-13(5-8)9(3-11)7-1-2-14-6-7/h1-2,4-6,9H,3,11H2. The van der Waals surface area contributed by atoms with Gasteiger partial charge in [-0.3, -0.25) is 4.68 Å². The minimum Gasteiger partial charge on any atom is -0.328 e. The Balaban J connectivity index is 2.31. The molecule has 0 radical (unpaired) electrons. The molecule has 0 aliphatic rings. The molecular formula is C9H10BrN3S. The van der Waals surface area contributed by atoms with Crippen LogP contribution >= 0.6 is 27.3 Å². The lowest BCUT2D eigenvalue weighted by Crippen LogP contribution is -2.20. The second kappa shape index (κ2) is 4.25. The Bertz CT molecular complexity index is 396. The second-order valence-corrected chi connectivity index (χ2v) is 4.64. The maximum atomic E-state index is 5.73. The molecule has 74 valence electrons. The molecule has 2 aromatic heterocycles. The molecule has 0 aliphatic carbocycles. The Morgan fingerprint density at radius 1 is 1.64 bits per heavy atom. The van der Waals surface area contributed by atoms with Crippen molar-refractivity contribution in [2.75, 3.05) is 6.54 Å². The van der Waals surface area contributed by atoms with Crippen molar-refractivity contribution in [2.45, 2.75) is 6.04 Å². The molecule has 14 heavy (non-hydrogen) atoms. The van der Waals surface area contributed by atoms with Gasteiger partial charge < -0.3 is 5.73 Å². The predicted molar refractivity (Wildman–Crippen MR) is 61.4 cm³/mol. The van der Waals surface area contributed by atoms with Crippen LogP contribution < -0.4 is 5.73 Å². The lowest BCUT2D eigenvalue weighted by Gasteiger charge is -2.13. The fourth-order valence-electron chi connectivity index (χ4n) is 1.35. The lowest BCUT2D eigenvalue weighted by atomic mass is 10.1. The minimum atomic E-state index is 0.146. The Morgan fingerprint density at radius 3 is 3.00 bits per heavy atom. The van der Waals surface area contributed by atoms with E-state index in [1.807, 2.05) is 10.9 Å². The Hall–Kier alpha value is -0.650.